The molecular formula is C29H26N2O3. The molecule has 0 saturated heterocycles. The van der Waals surface area contributed by atoms with Gasteiger partial charge in [0.05, 0.1) is 0 Å². The van der Waals surface area contributed by atoms with E-state index in [0.717, 1.165) is 47.7 Å². The Hall–Kier alpha value is -3.99. The van der Waals surface area contributed by atoms with Gasteiger partial charge in [-0.05, 0) is 67.4 Å². The molecule has 3 aromatic carbocycles. The Balaban J connectivity index is 1.23. The first-order valence-corrected chi connectivity index (χ1v) is 11.7. The minimum atomic E-state index is 0.0133. The number of rotatable bonds is 4. The molecule has 170 valence electrons. The van der Waals surface area contributed by atoms with Gasteiger partial charge in [-0.1, -0.05) is 30.4 Å². The maximum atomic E-state index is 13.4. The van der Waals surface area contributed by atoms with Gasteiger partial charge in [-0.3, -0.25) is 4.79 Å². The lowest BCUT2D eigenvalue weighted by Gasteiger charge is -2.33. The predicted molar refractivity (Wildman–Crippen MR) is 132 cm³/mol. The van der Waals surface area contributed by atoms with E-state index in [2.05, 4.69) is 40.2 Å². The van der Waals surface area contributed by atoms with E-state index in [1.165, 1.54) is 5.70 Å². The van der Waals surface area contributed by atoms with Crippen molar-refractivity contribution in [2.24, 2.45) is 0 Å². The van der Waals surface area contributed by atoms with E-state index >= 15 is 0 Å². The lowest BCUT2D eigenvalue weighted by molar-refractivity contribution is 0.103. The number of para-hydroxylation sites is 1. The Bertz CT molecular complexity index is 1300. The number of anilines is 1. The molecule has 0 spiro atoms. The van der Waals surface area contributed by atoms with Gasteiger partial charge in [0, 0.05) is 46.7 Å². The first-order chi connectivity index (χ1) is 16.7. The average molecular weight is 451 g/mol. The van der Waals surface area contributed by atoms with Crippen molar-refractivity contribution in [3.8, 4) is 11.5 Å². The minimum Gasteiger partial charge on any atom is -0.473 e. The molecule has 5 heteroatoms. The summed E-state index contributed by atoms with van der Waals surface area (Å²) < 4.78 is 11.9. The molecule has 3 aromatic rings. The molecule has 0 amide bonds. The Morgan fingerprint density at radius 1 is 0.765 bits per heavy atom. The van der Waals surface area contributed by atoms with Crippen LogP contribution < -0.4 is 14.4 Å². The van der Waals surface area contributed by atoms with Crippen LogP contribution in [0, 0.1) is 0 Å². The largest absolute Gasteiger partial charge is 0.473 e. The van der Waals surface area contributed by atoms with Crippen molar-refractivity contribution in [3.05, 3.63) is 113 Å². The summed E-state index contributed by atoms with van der Waals surface area (Å²) in [4.78, 5) is 17.8. The zero-order chi connectivity index (χ0) is 22.9. The maximum Gasteiger partial charge on any atom is 0.193 e. The molecule has 0 fully saturated rings. The van der Waals surface area contributed by atoms with Crippen molar-refractivity contribution in [1.29, 1.82) is 0 Å². The summed E-state index contributed by atoms with van der Waals surface area (Å²) in [5.74, 6) is 1.71. The van der Waals surface area contributed by atoms with Crippen LogP contribution in [0.25, 0.3) is 0 Å². The average Bonchev–Trinajstić information content (AvgIpc) is 2.92. The van der Waals surface area contributed by atoms with Crippen LogP contribution >= 0.6 is 0 Å². The monoisotopic (exact) mass is 450 g/mol. The van der Waals surface area contributed by atoms with Crippen LogP contribution in [0.2, 0.25) is 0 Å². The molecule has 5 nitrogen and oxygen atoms in total. The van der Waals surface area contributed by atoms with E-state index in [1.807, 2.05) is 54.6 Å². The number of carbonyl (C=O) groups is 1. The van der Waals surface area contributed by atoms with Crippen molar-refractivity contribution < 1.29 is 14.3 Å². The summed E-state index contributed by atoms with van der Waals surface area (Å²) in [5, 5.41) is 0. The van der Waals surface area contributed by atoms with Gasteiger partial charge in [-0.25, -0.2) is 0 Å². The smallest absolute Gasteiger partial charge is 0.193 e. The summed E-state index contributed by atoms with van der Waals surface area (Å²) >= 11 is 0. The Morgan fingerprint density at radius 2 is 1.41 bits per heavy atom. The summed E-state index contributed by atoms with van der Waals surface area (Å²) in [6, 6.07) is 21.7. The van der Waals surface area contributed by atoms with Crippen LogP contribution in [0.15, 0.2) is 90.7 Å². The van der Waals surface area contributed by atoms with Gasteiger partial charge in [0.1, 0.15) is 11.5 Å². The summed E-state index contributed by atoms with van der Waals surface area (Å²) in [5.41, 5.74) is 5.80. The second-order valence-corrected chi connectivity index (χ2v) is 8.88. The standard InChI is InChI=1S/C29H26N2O3/c32-29(21-11-13-27-23(15-21)17-30(19-33-27)25-7-3-1-4-8-25)22-12-14-28-24(16-22)18-31(20-34-28)26-9-5-2-6-10-26/h1-5,7-9,11-16H,6,10,17-20H2. The maximum absolute atomic E-state index is 13.4. The Kier molecular flexibility index (Phi) is 5.30. The summed E-state index contributed by atoms with van der Waals surface area (Å²) in [6.45, 7) is 2.50. The van der Waals surface area contributed by atoms with Gasteiger partial charge in [0.2, 0.25) is 0 Å². The van der Waals surface area contributed by atoms with E-state index in [9.17, 15) is 4.79 Å². The van der Waals surface area contributed by atoms with Crippen LogP contribution in [-0.4, -0.2) is 24.1 Å². The second-order valence-electron chi connectivity index (χ2n) is 8.88. The lowest BCUT2D eigenvalue weighted by Crippen LogP contribution is -2.32. The molecule has 0 aromatic heterocycles. The molecule has 0 N–H and O–H groups in total. The van der Waals surface area contributed by atoms with Crippen LogP contribution in [0.3, 0.4) is 0 Å². The highest BCUT2D eigenvalue weighted by Gasteiger charge is 2.23. The predicted octanol–water partition coefficient (Wildman–Crippen LogP) is 5.66. The van der Waals surface area contributed by atoms with Crippen molar-refractivity contribution >= 4 is 11.5 Å². The van der Waals surface area contributed by atoms with Gasteiger partial charge < -0.3 is 19.3 Å². The zero-order valence-corrected chi connectivity index (χ0v) is 18.9. The number of ketones is 1. The second kappa shape index (κ2) is 8.75. The number of hydrogen-bond donors (Lipinski definition) is 0. The summed E-state index contributed by atoms with van der Waals surface area (Å²) in [6.07, 6.45) is 8.51. The Morgan fingerprint density at radius 3 is 2.06 bits per heavy atom. The van der Waals surface area contributed by atoms with Gasteiger partial charge in [-0.2, -0.15) is 0 Å². The van der Waals surface area contributed by atoms with Crippen LogP contribution in [0.5, 0.6) is 11.5 Å². The molecule has 2 heterocycles. The normalized spacial score (nSPS) is 16.6. The third-order valence-corrected chi connectivity index (χ3v) is 6.64. The number of nitrogens with zero attached hydrogens (tertiary/aromatic N) is 2. The van der Waals surface area contributed by atoms with Crippen molar-refractivity contribution in [2.75, 3.05) is 18.4 Å². The summed E-state index contributed by atoms with van der Waals surface area (Å²) in [7, 11) is 0. The number of fused-ring (bicyclic) bond motifs is 2. The quantitative estimate of drug-likeness (QED) is 0.480. The van der Waals surface area contributed by atoms with Crippen molar-refractivity contribution in [2.45, 2.75) is 25.9 Å². The zero-order valence-electron chi connectivity index (χ0n) is 18.9. The van der Waals surface area contributed by atoms with Crippen LogP contribution in [-0.2, 0) is 13.1 Å². The third kappa shape index (κ3) is 3.94. The SMILES string of the molecule is O=C(c1ccc2c(c1)CN(C1=CC=CCC1)CO2)c1ccc2c(c1)CN(c1ccccc1)CO2. The van der Waals surface area contributed by atoms with Crippen molar-refractivity contribution in [1.82, 2.24) is 4.90 Å². The lowest BCUT2D eigenvalue weighted by atomic mass is 9.97. The molecule has 2 aliphatic heterocycles. The molecule has 1 aliphatic carbocycles. The number of allylic oxidation sites excluding steroid dienone is 4. The number of benzene rings is 3. The molecular weight excluding hydrogens is 424 g/mol. The molecule has 0 radical (unpaired) electrons. The molecule has 0 unspecified atom stereocenters. The fourth-order valence-electron chi connectivity index (χ4n) is 4.78. The molecule has 0 bridgehead atoms. The molecule has 34 heavy (non-hydrogen) atoms. The number of ether oxygens (including phenoxy) is 2. The molecule has 0 atom stereocenters. The highest BCUT2D eigenvalue weighted by molar-refractivity contribution is 6.09. The van der Waals surface area contributed by atoms with Crippen LogP contribution in [0.1, 0.15) is 39.9 Å². The van der Waals surface area contributed by atoms with Crippen molar-refractivity contribution in [3.63, 3.8) is 0 Å². The highest BCUT2D eigenvalue weighted by atomic mass is 16.5. The van der Waals surface area contributed by atoms with Gasteiger partial charge in [0.25, 0.3) is 0 Å². The van der Waals surface area contributed by atoms with Gasteiger partial charge in [-0.15, -0.1) is 0 Å². The van der Waals surface area contributed by atoms with Crippen LogP contribution in [0.4, 0.5) is 5.69 Å². The van der Waals surface area contributed by atoms with E-state index in [4.69, 9.17) is 9.47 Å². The van der Waals surface area contributed by atoms with E-state index < -0.39 is 0 Å². The molecule has 3 aliphatic rings. The fraction of sp³-hybridized carbons (Fsp3) is 0.207. The fourth-order valence-corrected chi connectivity index (χ4v) is 4.78. The number of carbonyl (C=O) groups excluding carboxylic acids is 1. The number of hydrogen-bond acceptors (Lipinski definition) is 5. The van der Waals surface area contributed by atoms with E-state index in [0.29, 0.717) is 31.1 Å². The topological polar surface area (TPSA) is 42.0 Å². The first-order valence-electron chi connectivity index (χ1n) is 11.7. The van der Waals surface area contributed by atoms with Gasteiger partial charge in [0.15, 0.2) is 19.2 Å². The van der Waals surface area contributed by atoms with Gasteiger partial charge >= 0.3 is 0 Å². The van der Waals surface area contributed by atoms with E-state index in [-0.39, 0.29) is 5.78 Å². The molecule has 0 saturated carbocycles. The molecule has 6 rings (SSSR count). The Labute approximate surface area is 199 Å². The third-order valence-electron chi connectivity index (χ3n) is 6.64. The highest BCUT2D eigenvalue weighted by Crippen LogP contribution is 2.32. The minimum absolute atomic E-state index is 0.0133. The first kappa shape index (κ1) is 20.6. The van der Waals surface area contributed by atoms with E-state index in [1.54, 1.807) is 0 Å².